The number of anilines is 2. The Morgan fingerprint density at radius 3 is 2.50 bits per heavy atom. The van der Waals surface area contributed by atoms with Crippen LogP contribution in [0.15, 0.2) is 79.0 Å². The number of carbonyl (C=O) groups excluding carboxylic acids is 2. The van der Waals surface area contributed by atoms with Crippen molar-refractivity contribution in [3.63, 3.8) is 0 Å². The number of amides is 2. The van der Waals surface area contributed by atoms with Gasteiger partial charge in [0, 0.05) is 36.0 Å². The van der Waals surface area contributed by atoms with E-state index in [0.29, 0.717) is 28.4 Å². The molecule has 1 N–H and O–H groups in total. The van der Waals surface area contributed by atoms with Gasteiger partial charge in [-0.05, 0) is 67.9 Å². The van der Waals surface area contributed by atoms with E-state index < -0.39 is 0 Å². The van der Waals surface area contributed by atoms with Gasteiger partial charge in [-0.25, -0.2) is 0 Å². The highest BCUT2D eigenvalue weighted by molar-refractivity contribution is 6.34. The molecule has 0 saturated carbocycles. The van der Waals surface area contributed by atoms with Crippen LogP contribution in [0.3, 0.4) is 0 Å². The van der Waals surface area contributed by atoms with Crippen LogP contribution in [-0.4, -0.2) is 22.9 Å². The predicted octanol–water partition coefficient (Wildman–Crippen LogP) is 6.20. The van der Waals surface area contributed by atoms with Gasteiger partial charge in [0.1, 0.15) is 0 Å². The Labute approximate surface area is 203 Å². The number of nitrogens with one attached hydrogen (secondary N) is 1. The largest absolute Gasteiger partial charge is 0.321 e. The number of benzene rings is 3. The first-order valence-electron chi connectivity index (χ1n) is 11.2. The second-order valence-electron chi connectivity index (χ2n) is 8.53. The third-order valence-electron chi connectivity index (χ3n) is 6.20. The van der Waals surface area contributed by atoms with Crippen molar-refractivity contribution in [2.45, 2.75) is 20.3 Å². The number of para-hydroxylation sites is 2. The zero-order chi connectivity index (χ0) is 23.8. The molecule has 5 rings (SSSR count). The van der Waals surface area contributed by atoms with E-state index in [0.717, 1.165) is 34.6 Å². The van der Waals surface area contributed by atoms with Crippen LogP contribution in [-0.2, 0) is 6.42 Å². The van der Waals surface area contributed by atoms with Crippen molar-refractivity contribution in [2.24, 2.45) is 0 Å². The van der Waals surface area contributed by atoms with Gasteiger partial charge >= 0.3 is 0 Å². The molecule has 3 aromatic carbocycles. The molecule has 2 heterocycles. The molecule has 0 bridgehead atoms. The van der Waals surface area contributed by atoms with Crippen molar-refractivity contribution in [2.75, 3.05) is 16.8 Å². The summed E-state index contributed by atoms with van der Waals surface area (Å²) in [4.78, 5) is 28.2. The molecule has 0 spiro atoms. The summed E-state index contributed by atoms with van der Waals surface area (Å²) in [5, 5.41) is 3.19. The van der Waals surface area contributed by atoms with Crippen LogP contribution < -0.4 is 10.2 Å². The van der Waals surface area contributed by atoms with Crippen LogP contribution in [0.1, 0.15) is 37.5 Å². The summed E-state index contributed by atoms with van der Waals surface area (Å²) in [7, 11) is 0. The van der Waals surface area contributed by atoms with Crippen molar-refractivity contribution < 1.29 is 9.59 Å². The van der Waals surface area contributed by atoms with E-state index >= 15 is 0 Å². The maximum absolute atomic E-state index is 13.5. The van der Waals surface area contributed by atoms with Crippen LogP contribution in [0.4, 0.5) is 11.4 Å². The Morgan fingerprint density at radius 2 is 1.71 bits per heavy atom. The van der Waals surface area contributed by atoms with Crippen molar-refractivity contribution in [1.82, 2.24) is 4.57 Å². The lowest BCUT2D eigenvalue weighted by molar-refractivity contribution is 0.0986. The first kappa shape index (κ1) is 22.0. The highest BCUT2D eigenvalue weighted by Crippen LogP contribution is 2.32. The summed E-state index contributed by atoms with van der Waals surface area (Å²) < 4.78 is 2.13. The van der Waals surface area contributed by atoms with Crippen LogP contribution in [0.25, 0.3) is 5.69 Å². The van der Waals surface area contributed by atoms with Crippen LogP contribution >= 0.6 is 11.6 Å². The van der Waals surface area contributed by atoms with E-state index in [9.17, 15) is 9.59 Å². The molecular formula is C28H24ClN3O2. The van der Waals surface area contributed by atoms with Gasteiger partial charge in [-0.2, -0.15) is 0 Å². The normalized spacial score (nSPS) is 12.5. The van der Waals surface area contributed by atoms with Gasteiger partial charge in [-0.3, -0.25) is 9.59 Å². The smallest absolute Gasteiger partial charge is 0.258 e. The molecule has 1 aliphatic rings. The third kappa shape index (κ3) is 3.99. The molecule has 2 amide bonds. The summed E-state index contributed by atoms with van der Waals surface area (Å²) >= 11 is 6.51. The fraction of sp³-hybridized carbons (Fsp3) is 0.143. The van der Waals surface area contributed by atoms with Crippen molar-refractivity contribution in [3.05, 3.63) is 112 Å². The van der Waals surface area contributed by atoms with E-state index in [1.807, 2.05) is 68.6 Å². The molecule has 0 fully saturated rings. The number of hydrogen-bond donors (Lipinski definition) is 1. The lowest BCUT2D eigenvalue weighted by atomic mass is 10.0. The number of aromatic nitrogens is 1. The summed E-state index contributed by atoms with van der Waals surface area (Å²) in [5.74, 6) is -0.363. The lowest BCUT2D eigenvalue weighted by Crippen LogP contribution is -2.32. The van der Waals surface area contributed by atoms with Gasteiger partial charge < -0.3 is 14.8 Å². The quantitative estimate of drug-likeness (QED) is 0.388. The van der Waals surface area contributed by atoms with Crippen molar-refractivity contribution in [1.29, 1.82) is 0 Å². The topological polar surface area (TPSA) is 54.3 Å². The fourth-order valence-corrected chi connectivity index (χ4v) is 4.61. The molecule has 0 atom stereocenters. The Hall–Kier alpha value is -3.83. The number of aryl methyl sites for hydroxylation is 2. The minimum atomic E-state index is -0.231. The van der Waals surface area contributed by atoms with E-state index in [1.54, 1.807) is 23.1 Å². The first-order valence-corrected chi connectivity index (χ1v) is 11.6. The Bertz CT molecular complexity index is 1420. The second-order valence-corrected chi connectivity index (χ2v) is 8.94. The van der Waals surface area contributed by atoms with Crippen molar-refractivity contribution in [3.8, 4) is 5.69 Å². The van der Waals surface area contributed by atoms with Crippen LogP contribution in [0.5, 0.6) is 0 Å². The van der Waals surface area contributed by atoms with Gasteiger partial charge in [0.15, 0.2) is 0 Å². The molecule has 170 valence electrons. The maximum atomic E-state index is 13.5. The summed E-state index contributed by atoms with van der Waals surface area (Å²) in [5.41, 5.74) is 6.41. The maximum Gasteiger partial charge on any atom is 0.258 e. The molecular weight excluding hydrogens is 446 g/mol. The fourth-order valence-electron chi connectivity index (χ4n) is 4.38. The molecule has 0 saturated heterocycles. The number of hydrogen-bond acceptors (Lipinski definition) is 2. The van der Waals surface area contributed by atoms with E-state index in [-0.39, 0.29) is 11.8 Å². The number of carbonyl (C=O) groups is 2. The Morgan fingerprint density at radius 1 is 0.912 bits per heavy atom. The summed E-state index contributed by atoms with van der Waals surface area (Å²) in [6.07, 6.45) is 2.76. The SMILES string of the molecule is Cc1ccc(C)c(C(=O)Nc2ccc(C(=O)N3CCc4cccn4-c4ccccc43)cc2Cl)c1. The number of halogens is 1. The molecule has 34 heavy (non-hydrogen) atoms. The van der Waals surface area contributed by atoms with Gasteiger partial charge in [-0.15, -0.1) is 0 Å². The molecule has 0 unspecified atom stereocenters. The molecule has 0 aliphatic carbocycles. The number of rotatable bonds is 3. The predicted molar refractivity (Wildman–Crippen MR) is 136 cm³/mol. The monoisotopic (exact) mass is 469 g/mol. The Kier molecular flexibility index (Phi) is 5.72. The lowest BCUT2D eigenvalue weighted by Gasteiger charge is -2.23. The highest BCUT2D eigenvalue weighted by atomic mass is 35.5. The average Bonchev–Trinajstić information content (AvgIpc) is 3.24. The van der Waals surface area contributed by atoms with Gasteiger partial charge in [-0.1, -0.05) is 41.4 Å². The third-order valence-corrected chi connectivity index (χ3v) is 6.52. The molecule has 5 nitrogen and oxygen atoms in total. The number of nitrogens with zero attached hydrogens (tertiary/aromatic N) is 2. The van der Waals surface area contributed by atoms with Crippen LogP contribution in [0, 0.1) is 13.8 Å². The zero-order valence-corrected chi connectivity index (χ0v) is 19.8. The molecule has 1 aromatic heterocycles. The molecule has 6 heteroatoms. The first-order chi connectivity index (χ1) is 16.4. The molecule has 1 aliphatic heterocycles. The van der Waals surface area contributed by atoms with Gasteiger partial charge in [0.05, 0.1) is 22.1 Å². The standard InChI is InChI=1S/C28H24ClN3O2/c1-18-9-10-19(2)22(16-18)27(33)30-24-12-11-20(17-23(24)29)28(34)32-15-13-21-6-5-14-31(21)25-7-3-4-8-26(25)32/h3-12,14,16-17H,13,15H2,1-2H3,(H,30,33). The highest BCUT2D eigenvalue weighted by Gasteiger charge is 2.25. The minimum absolute atomic E-state index is 0.132. The molecule has 0 radical (unpaired) electrons. The summed E-state index contributed by atoms with van der Waals surface area (Å²) in [6, 6.07) is 22.7. The van der Waals surface area contributed by atoms with E-state index in [4.69, 9.17) is 11.6 Å². The van der Waals surface area contributed by atoms with E-state index in [2.05, 4.69) is 16.0 Å². The van der Waals surface area contributed by atoms with Gasteiger partial charge in [0.25, 0.3) is 11.8 Å². The second kappa shape index (κ2) is 8.84. The average molecular weight is 470 g/mol. The number of fused-ring (bicyclic) bond motifs is 3. The van der Waals surface area contributed by atoms with Crippen LogP contribution in [0.2, 0.25) is 5.02 Å². The van der Waals surface area contributed by atoms with Gasteiger partial charge in [0.2, 0.25) is 0 Å². The van der Waals surface area contributed by atoms with E-state index in [1.165, 1.54) is 0 Å². The van der Waals surface area contributed by atoms with Crippen molar-refractivity contribution >= 4 is 34.8 Å². The molecule has 4 aromatic rings. The summed E-state index contributed by atoms with van der Waals surface area (Å²) in [6.45, 7) is 4.40. The zero-order valence-electron chi connectivity index (χ0n) is 19.0. The Balaban J connectivity index is 1.41. The minimum Gasteiger partial charge on any atom is -0.321 e.